The number of allylic oxidation sites excluding steroid dienone is 1. The second kappa shape index (κ2) is 10.3. The van der Waals surface area contributed by atoms with Crippen LogP contribution < -0.4 is 45.0 Å². The zero-order valence-corrected chi connectivity index (χ0v) is 26.6. The zero-order valence-electron chi connectivity index (χ0n) is 25.9. The second-order valence-corrected chi connectivity index (χ2v) is 11.9. The number of aromatic nitrogens is 2. The van der Waals surface area contributed by atoms with Crippen LogP contribution in [-0.4, -0.2) is 60.8 Å². The van der Waals surface area contributed by atoms with Crippen LogP contribution in [0.15, 0.2) is 39.1 Å². The number of Topliss-reactive ketones (excluding diaryl/α,β-unsaturated/α-hetero) is 2. The van der Waals surface area contributed by atoms with Gasteiger partial charge >= 0.3 is 5.69 Å². The van der Waals surface area contributed by atoms with Gasteiger partial charge in [-0.15, -0.1) is 0 Å². The monoisotopic (exact) mass is 651 g/mol. The van der Waals surface area contributed by atoms with Crippen molar-refractivity contribution in [3.63, 3.8) is 0 Å². The Morgan fingerprint density at radius 3 is 2.28 bits per heavy atom. The quantitative estimate of drug-likeness (QED) is 0.416. The Morgan fingerprint density at radius 1 is 0.891 bits per heavy atom. The molecule has 4 aliphatic rings. The third-order valence-corrected chi connectivity index (χ3v) is 9.62. The van der Waals surface area contributed by atoms with Gasteiger partial charge in [0.1, 0.15) is 41.1 Å². The van der Waals surface area contributed by atoms with Crippen molar-refractivity contribution in [2.24, 2.45) is 20.0 Å². The highest BCUT2D eigenvalue weighted by Crippen LogP contribution is 2.57. The average molecular weight is 652 g/mol. The number of halogens is 1. The number of ketones is 2. The molecule has 0 amide bonds. The van der Waals surface area contributed by atoms with Crippen LogP contribution in [0, 0.1) is 5.92 Å². The number of carbonyl (C=O) groups is 2. The number of nitrogens with zero attached hydrogens (tertiary/aromatic N) is 2. The Hall–Kier alpha value is -4.91. The van der Waals surface area contributed by atoms with Gasteiger partial charge in [-0.1, -0.05) is 18.5 Å². The summed E-state index contributed by atoms with van der Waals surface area (Å²) in [6.07, 6.45) is 0.152. The van der Waals surface area contributed by atoms with Gasteiger partial charge in [0.05, 0.1) is 26.9 Å². The molecule has 0 bridgehead atoms. The molecule has 3 aliphatic heterocycles. The Kier molecular flexibility index (Phi) is 6.67. The molecule has 7 rings (SSSR count). The SMILES string of the molecule is COc1cc(OC)c2c(c1Cl)O[C@@]1(C(=O)C3=C(C[C@H]1C)Nc1c(c(=O)n(C)c(=O)n1C)C3c1cc(OC)c3c(c1)OCCO3)C2=O. The summed E-state index contributed by atoms with van der Waals surface area (Å²) in [6.45, 7) is 2.32. The molecular weight excluding hydrogens is 622 g/mol. The Bertz CT molecular complexity index is 2030. The highest BCUT2D eigenvalue weighted by molar-refractivity contribution is 6.36. The Labute approximate surface area is 267 Å². The van der Waals surface area contributed by atoms with Crippen LogP contribution in [0.5, 0.6) is 34.5 Å². The van der Waals surface area contributed by atoms with Gasteiger partial charge in [-0.3, -0.25) is 23.5 Å². The van der Waals surface area contributed by atoms with Crippen molar-refractivity contribution in [3.05, 3.63) is 72.0 Å². The minimum absolute atomic E-state index is 0.0207. The summed E-state index contributed by atoms with van der Waals surface area (Å²) >= 11 is 6.64. The third-order valence-electron chi connectivity index (χ3n) is 9.26. The van der Waals surface area contributed by atoms with E-state index in [0.717, 1.165) is 4.57 Å². The number of nitrogens with one attached hydrogen (secondary N) is 1. The van der Waals surface area contributed by atoms with E-state index in [1.54, 1.807) is 19.1 Å². The molecule has 46 heavy (non-hydrogen) atoms. The average Bonchev–Trinajstić information content (AvgIpc) is 3.38. The molecular formula is C32H30ClN3O10. The lowest BCUT2D eigenvalue weighted by Gasteiger charge is -2.42. The fraction of sp³-hybridized carbons (Fsp3) is 0.375. The summed E-state index contributed by atoms with van der Waals surface area (Å²) in [7, 11) is 7.18. The first-order chi connectivity index (χ1) is 22.0. The Balaban J connectivity index is 1.49. The van der Waals surface area contributed by atoms with Crippen LogP contribution in [0.25, 0.3) is 0 Å². The van der Waals surface area contributed by atoms with Gasteiger partial charge in [-0.2, -0.15) is 0 Å². The number of carbonyl (C=O) groups excluding carboxylic acids is 2. The molecule has 1 aliphatic carbocycles. The number of benzene rings is 2. The molecule has 1 spiro atoms. The first-order valence-corrected chi connectivity index (χ1v) is 14.9. The molecule has 0 saturated carbocycles. The van der Waals surface area contributed by atoms with Gasteiger partial charge in [0.25, 0.3) is 5.56 Å². The molecule has 3 aromatic rings. The summed E-state index contributed by atoms with van der Waals surface area (Å²) in [5.41, 5.74) is -2.03. The van der Waals surface area contributed by atoms with Crippen LogP contribution >= 0.6 is 11.6 Å². The molecule has 3 atom stereocenters. The highest BCUT2D eigenvalue weighted by atomic mass is 35.5. The summed E-state index contributed by atoms with van der Waals surface area (Å²) in [6, 6.07) is 4.81. The molecule has 13 nitrogen and oxygen atoms in total. The maximum absolute atomic E-state index is 15.1. The van der Waals surface area contributed by atoms with E-state index in [0.29, 0.717) is 35.1 Å². The van der Waals surface area contributed by atoms with Gasteiger partial charge in [0.2, 0.25) is 22.9 Å². The van der Waals surface area contributed by atoms with E-state index < -0.39 is 40.3 Å². The van der Waals surface area contributed by atoms with Gasteiger partial charge in [-0.25, -0.2) is 4.79 Å². The number of fused-ring (bicyclic) bond motifs is 3. The highest BCUT2D eigenvalue weighted by Gasteiger charge is 2.64. The number of rotatable bonds is 4. The molecule has 240 valence electrons. The van der Waals surface area contributed by atoms with Crippen molar-refractivity contribution < 1.29 is 38.0 Å². The van der Waals surface area contributed by atoms with Crippen molar-refractivity contribution in [2.45, 2.75) is 24.9 Å². The first kappa shape index (κ1) is 29.8. The van der Waals surface area contributed by atoms with E-state index in [1.165, 1.54) is 46.1 Å². The van der Waals surface area contributed by atoms with E-state index in [4.69, 9.17) is 40.0 Å². The van der Waals surface area contributed by atoms with Crippen LogP contribution in [-0.2, 0) is 18.9 Å². The van der Waals surface area contributed by atoms with Crippen LogP contribution in [0.4, 0.5) is 5.82 Å². The van der Waals surface area contributed by atoms with E-state index in [1.807, 2.05) is 0 Å². The molecule has 1 N–H and O–H groups in total. The van der Waals surface area contributed by atoms with Gasteiger partial charge < -0.3 is 33.7 Å². The number of methoxy groups -OCH3 is 3. The zero-order chi connectivity index (χ0) is 32.8. The molecule has 4 heterocycles. The maximum atomic E-state index is 15.1. The fourth-order valence-corrected chi connectivity index (χ4v) is 7.25. The van der Waals surface area contributed by atoms with Crippen LogP contribution in [0.3, 0.4) is 0 Å². The van der Waals surface area contributed by atoms with Crippen molar-refractivity contribution in [1.82, 2.24) is 9.13 Å². The summed E-state index contributed by atoms with van der Waals surface area (Å²) in [5.74, 6) is -1.42. The van der Waals surface area contributed by atoms with Crippen molar-refractivity contribution >= 4 is 29.0 Å². The number of ether oxygens (including phenoxy) is 6. The predicted octanol–water partition coefficient (Wildman–Crippen LogP) is 2.97. The van der Waals surface area contributed by atoms with Crippen LogP contribution in [0.1, 0.15) is 40.7 Å². The molecule has 0 fully saturated rings. The number of hydrogen-bond acceptors (Lipinski definition) is 11. The van der Waals surface area contributed by atoms with E-state index in [9.17, 15) is 14.4 Å². The van der Waals surface area contributed by atoms with Gasteiger partial charge in [0, 0.05) is 43.3 Å². The lowest BCUT2D eigenvalue weighted by atomic mass is 9.66. The molecule has 2 aromatic carbocycles. The van der Waals surface area contributed by atoms with Crippen LogP contribution in [0.2, 0.25) is 5.02 Å². The van der Waals surface area contributed by atoms with Gasteiger partial charge in [0.15, 0.2) is 17.2 Å². The van der Waals surface area contributed by atoms with E-state index in [-0.39, 0.29) is 57.8 Å². The molecule has 0 radical (unpaired) electrons. The van der Waals surface area contributed by atoms with E-state index in [2.05, 4.69) is 5.32 Å². The standard InChI is InChI=1S/C32H30ClN3O10/c1-13-9-15-21(27(37)32(13)28(38)22-16(41-4)12-17(42-5)24(33)26(22)46-32)20(23-29(34-15)35(2)31(40)36(3)30(23)39)14-10-18(43-6)25-19(11-14)44-7-8-45-25/h10-13,20,34H,7-9H2,1-6H3/t13-,20?,32+/m1/s1. The molecule has 1 aromatic heterocycles. The largest absolute Gasteiger partial charge is 0.496 e. The number of anilines is 1. The topological polar surface area (TPSA) is 146 Å². The van der Waals surface area contributed by atoms with Crippen molar-refractivity contribution in [3.8, 4) is 34.5 Å². The minimum Gasteiger partial charge on any atom is -0.496 e. The van der Waals surface area contributed by atoms with Crippen molar-refractivity contribution in [2.75, 3.05) is 39.9 Å². The molecule has 14 heteroatoms. The maximum Gasteiger partial charge on any atom is 0.332 e. The molecule has 0 saturated heterocycles. The third kappa shape index (κ3) is 3.74. The minimum atomic E-state index is -2.04. The smallest absolute Gasteiger partial charge is 0.332 e. The molecule has 1 unspecified atom stereocenters. The van der Waals surface area contributed by atoms with Gasteiger partial charge in [-0.05, 0) is 24.1 Å². The Morgan fingerprint density at radius 2 is 1.59 bits per heavy atom. The number of hydrogen-bond donors (Lipinski definition) is 1. The normalized spacial score (nSPS) is 22.5. The van der Waals surface area contributed by atoms with Crippen molar-refractivity contribution in [1.29, 1.82) is 0 Å². The van der Waals surface area contributed by atoms with E-state index >= 15 is 4.79 Å². The summed E-state index contributed by atoms with van der Waals surface area (Å²) < 4.78 is 36.9. The fourth-order valence-electron chi connectivity index (χ4n) is 6.98. The summed E-state index contributed by atoms with van der Waals surface area (Å²) in [5, 5.41) is 3.23. The predicted molar refractivity (Wildman–Crippen MR) is 164 cm³/mol. The lowest BCUT2D eigenvalue weighted by Crippen LogP contribution is -2.58. The first-order valence-electron chi connectivity index (χ1n) is 14.5. The lowest BCUT2D eigenvalue weighted by molar-refractivity contribution is -0.130. The summed E-state index contributed by atoms with van der Waals surface area (Å²) in [4.78, 5) is 56.6. The second-order valence-electron chi connectivity index (χ2n) is 11.6.